The third-order valence-corrected chi connectivity index (χ3v) is 23.1. The van der Waals surface area contributed by atoms with Crippen LogP contribution in [-0.4, -0.2) is 351 Å². The predicted octanol–water partition coefficient (Wildman–Crippen LogP) is 3.53. The molecule has 0 aromatic heterocycles. The number of hydrogen-bond donors (Lipinski definition) is 11. The fraction of sp³-hybridized carbons (Fsp3) is 0.556. The van der Waals surface area contributed by atoms with Gasteiger partial charge in [-0.15, -0.1) is 0 Å². The van der Waals surface area contributed by atoms with Crippen LogP contribution in [0, 0.1) is 29.1 Å². The zero-order valence-electron chi connectivity index (χ0n) is 76.8. The van der Waals surface area contributed by atoms with Crippen molar-refractivity contribution >= 4 is 88.4 Å². The van der Waals surface area contributed by atoms with E-state index in [0.717, 1.165) is 84.8 Å². The number of β-amino-alcohol motifs (C(OH)–C–C–N with tert-alkyl or cyclic N) is 1. The van der Waals surface area contributed by atoms with Gasteiger partial charge >= 0.3 is 30.5 Å². The van der Waals surface area contributed by atoms with Gasteiger partial charge in [-0.1, -0.05) is 0 Å². The highest BCUT2D eigenvalue weighted by atomic mass is 19.1. The second-order valence-corrected chi connectivity index (χ2v) is 33.7. The fourth-order valence-electron chi connectivity index (χ4n) is 15.3. The number of nitrogens with one attached hydrogen (secondary N) is 10. The largest absolute Gasteiger partial charge is 0.489 e. The average Bonchev–Trinajstić information content (AvgIpc) is 1.72. The van der Waals surface area contributed by atoms with Crippen LogP contribution in [0.4, 0.5) is 74.4 Å². The number of carbonyl (C=O) groups excluding carboxylic acids is 10. The number of rotatable bonds is 37. The van der Waals surface area contributed by atoms with Crippen LogP contribution in [0.2, 0.25) is 0 Å². The Bertz CT molecular complexity index is 4720. The number of benzene rings is 5. The van der Waals surface area contributed by atoms with Crippen LogP contribution in [0.3, 0.4) is 0 Å². The number of ether oxygens (including phenoxy) is 11. The summed E-state index contributed by atoms with van der Waals surface area (Å²) in [4.78, 5) is 128. The average molecular weight is 1900 g/mol. The molecule has 5 aromatic carbocycles. The predicted molar refractivity (Wildman–Crippen MR) is 483 cm³/mol. The summed E-state index contributed by atoms with van der Waals surface area (Å²) in [7, 11) is 4.06. The van der Waals surface area contributed by atoms with Crippen molar-refractivity contribution in [3.8, 4) is 28.7 Å². The number of piperazine rings is 1. The molecule has 10 aliphatic heterocycles. The number of anilines is 5. The summed E-state index contributed by atoms with van der Waals surface area (Å²) in [5.74, 6) is -3.19. The minimum absolute atomic E-state index is 0.0106. The molecule has 10 amide bonds. The molecular formula is C90H123F5N18O22. The van der Waals surface area contributed by atoms with Crippen molar-refractivity contribution in [2.75, 3.05) is 242 Å². The number of halogens is 5. The number of hydrogen-bond acceptors (Lipinski definition) is 30. The standard InChI is InChI=1S/C19H27FN4O4.2C18H25FN4O4.C18H24FN3O5.C17H22FN3O5/c1-13(25)22-11-16-12-24(19(26)28-16)14-3-4-18(17(20)9-14)27-8-7-23(2)15-5-6-21-10-15;1-12(24)21-10-15-11-23(18(25)27-15)13-3-4-17(16(19)7-13)26-6-5-22(2)14-8-20-9-14;1-13(24)21-11-15-12-23(18(25)27-15)14-2-3-17(16(19)10-14)26-9-8-22-6-4-20-5-7-22;1-12(23)21-10-15-11-22(18(24)27-15)13-2-3-17(16(19)8-13)26-7-6-25-14-4-5-20-9-14;1-11(22)20-7-13-8-21(16(23)26-13)12-2-3-15(14(18)6-12)25-10-17(24)4-5-19-9-17/h3-4,9,15-16,21H,5-8,10-12H2,1-2H3,(H,22,25);3-4,7,14-15,20H,5-6,8-11H2,1-2H3,(H,21,24);2-3,10,15,20H,4-9,11-12H2,1H3,(H,21,24);2-3,8,14-15,20H,4-7,9-11H2,1H3,(H,21,23);2-3,6,13,19,24H,4-5,7-10H2,1H3,(H,20,22)/t15-,16-;2*15-;14?,15-;13-,17?/m00000/s1. The first-order valence-electron chi connectivity index (χ1n) is 45.0. The van der Waals surface area contributed by atoms with Crippen LogP contribution in [0.1, 0.15) is 53.9 Å². The lowest BCUT2D eigenvalue weighted by Crippen LogP contribution is -2.56. The minimum Gasteiger partial charge on any atom is -0.489 e. The monoisotopic (exact) mass is 1900 g/mol. The SMILES string of the molecule is CC(=O)NC[C@H]1CN(c2ccc(OCC3(O)CCNC3)c(F)c2)C(=O)O1.CC(=O)NC[C@H]1CN(c2ccc(OCCN(C)C3CNC3)c(F)c2)C(=O)O1.CC(=O)NC[C@H]1CN(c2ccc(OCCN(C)[C@H]3CCNC3)c(F)c2)C(=O)O1.CC(=O)NC[C@H]1CN(c2ccc(OCCN3CCNCC3)c(F)c2)C(=O)O1.CC(=O)NC[C@H]1CN(c2ccc(OCCOC3CCNC3)c(F)c2)C(=O)O1. The molecule has 0 spiro atoms. The summed E-state index contributed by atoms with van der Waals surface area (Å²) in [5, 5.41) is 39.2. The molecule has 0 aliphatic carbocycles. The maximum atomic E-state index is 14.4. The van der Waals surface area contributed by atoms with Crippen LogP contribution in [0.25, 0.3) is 0 Å². The molecule has 0 radical (unpaired) electrons. The lowest BCUT2D eigenvalue weighted by molar-refractivity contribution is -0.120. The highest BCUT2D eigenvalue weighted by Gasteiger charge is 2.40. The van der Waals surface area contributed by atoms with E-state index < -0.39 is 95.7 Å². The molecule has 8 atom stereocenters. The third-order valence-electron chi connectivity index (χ3n) is 23.1. The van der Waals surface area contributed by atoms with Gasteiger partial charge in [0.2, 0.25) is 29.5 Å². The van der Waals surface area contributed by atoms with E-state index in [4.69, 9.17) is 52.1 Å². The Morgan fingerprint density at radius 3 is 1.03 bits per heavy atom. The van der Waals surface area contributed by atoms with Crippen LogP contribution >= 0.6 is 0 Å². The lowest BCUT2D eigenvalue weighted by atomic mass is 10.1. The molecule has 740 valence electrons. The minimum atomic E-state index is -0.999. The molecule has 135 heavy (non-hydrogen) atoms. The van der Waals surface area contributed by atoms with Gasteiger partial charge in [0.05, 0.1) is 107 Å². The van der Waals surface area contributed by atoms with Gasteiger partial charge in [0.1, 0.15) is 69.2 Å². The Morgan fingerprint density at radius 1 is 0.400 bits per heavy atom. The molecule has 0 saturated carbocycles. The lowest BCUT2D eigenvalue weighted by Gasteiger charge is -2.35. The van der Waals surface area contributed by atoms with E-state index in [0.29, 0.717) is 99.5 Å². The molecule has 15 rings (SSSR count). The number of nitrogens with zero attached hydrogens (tertiary/aromatic N) is 8. The van der Waals surface area contributed by atoms with Gasteiger partial charge in [0.15, 0.2) is 57.8 Å². The Hall–Kier alpha value is -12.0. The van der Waals surface area contributed by atoms with Gasteiger partial charge < -0.3 is 110 Å². The Morgan fingerprint density at radius 2 is 0.726 bits per heavy atom. The van der Waals surface area contributed by atoms with E-state index in [1.807, 2.05) is 14.1 Å². The molecule has 0 bridgehead atoms. The van der Waals surface area contributed by atoms with Gasteiger partial charge in [-0.3, -0.25) is 63.2 Å². The van der Waals surface area contributed by atoms with Crippen molar-refractivity contribution in [3.05, 3.63) is 120 Å². The molecule has 11 N–H and O–H groups in total. The number of amides is 10. The van der Waals surface area contributed by atoms with Crippen LogP contribution in [-0.2, 0) is 52.4 Å². The Balaban J connectivity index is 0.000000162. The summed E-state index contributed by atoms with van der Waals surface area (Å²) in [6.45, 7) is 23.8. The van der Waals surface area contributed by atoms with E-state index in [1.54, 1.807) is 30.3 Å². The van der Waals surface area contributed by atoms with Gasteiger partial charge in [-0.05, 0) is 114 Å². The highest BCUT2D eigenvalue weighted by Crippen LogP contribution is 2.34. The molecule has 10 heterocycles. The quantitative estimate of drug-likeness (QED) is 0.0154. The maximum absolute atomic E-state index is 14.4. The van der Waals surface area contributed by atoms with E-state index in [1.165, 1.54) is 120 Å². The van der Waals surface area contributed by atoms with Crippen molar-refractivity contribution in [1.82, 2.24) is 67.9 Å². The normalized spacial score (nSPS) is 21.8. The molecule has 40 nitrogen and oxygen atoms in total. The van der Waals surface area contributed by atoms with Crippen molar-refractivity contribution in [3.63, 3.8) is 0 Å². The van der Waals surface area contributed by atoms with Crippen LogP contribution < -0.4 is 101 Å². The molecule has 5 aromatic rings. The molecule has 2 unspecified atom stereocenters. The van der Waals surface area contributed by atoms with Gasteiger partial charge in [0.25, 0.3) is 0 Å². The second-order valence-electron chi connectivity index (χ2n) is 33.7. The fourth-order valence-corrected chi connectivity index (χ4v) is 15.3. The van der Waals surface area contributed by atoms with Crippen molar-refractivity contribution in [1.29, 1.82) is 0 Å². The van der Waals surface area contributed by atoms with Crippen molar-refractivity contribution < 1.29 is 127 Å². The Kier molecular flexibility index (Phi) is 39.2. The van der Waals surface area contributed by atoms with Gasteiger partial charge in [-0.25, -0.2) is 45.9 Å². The first-order valence-corrected chi connectivity index (χ1v) is 45.0. The zero-order chi connectivity index (χ0) is 96.7. The van der Waals surface area contributed by atoms with Crippen LogP contribution in [0.5, 0.6) is 28.7 Å². The summed E-state index contributed by atoms with van der Waals surface area (Å²) in [6, 6.07) is 22.7. The summed E-state index contributed by atoms with van der Waals surface area (Å²) < 4.78 is 131. The van der Waals surface area contributed by atoms with E-state index in [9.17, 15) is 75.0 Å². The summed E-state index contributed by atoms with van der Waals surface area (Å²) in [6.07, 6.45) is -2.39. The zero-order valence-corrected chi connectivity index (χ0v) is 76.8. The third kappa shape index (κ3) is 32.1. The number of cyclic esters (lactones) is 5. The van der Waals surface area contributed by atoms with E-state index in [-0.39, 0.29) is 143 Å². The topological polar surface area (TPSA) is 439 Å². The summed E-state index contributed by atoms with van der Waals surface area (Å²) >= 11 is 0. The molecule has 10 saturated heterocycles. The summed E-state index contributed by atoms with van der Waals surface area (Å²) in [5.41, 5.74) is 0.912. The molecule has 10 aliphatic rings. The van der Waals surface area contributed by atoms with E-state index >= 15 is 0 Å². The maximum Gasteiger partial charge on any atom is 0.414 e. The van der Waals surface area contributed by atoms with Crippen molar-refractivity contribution in [2.45, 2.75) is 108 Å². The number of carbonyl (C=O) groups is 10. The van der Waals surface area contributed by atoms with Gasteiger partial charge in [-0.2, -0.15) is 0 Å². The number of aliphatic hydroxyl groups is 1. The van der Waals surface area contributed by atoms with Gasteiger partial charge in [0, 0.05) is 156 Å². The molecule has 10 fully saturated rings. The Labute approximate surface area is 779 Å². The number of likely N-dealkylation sites (N-methyl/N-ethyl adjacent to an activating group) is 2. The first kappa shape index (κ1) is 104. The van der Waals surface area contributed by atoms with Crippen LogP contribution in [0.15, 0.2) is 91.0 Å². The van der Waals surface area contributed by atoms with E-state index in [2.05, 4.69) is 67.9 Å². The highest BCUT2D eigenvalue weighted by molar-refractivity contribution is 5.93. The smallest absolute Gasteiger partial charge is 0.414 e. The first-order chi connectivity index (χ1) is 64.8. The molecule has 45 heteroatoms. The second kappa shape index (κ2) is 51.1. The molecular weight excluding hydrogens is 1780 g/mol. The van der Waals surface area contributed by atoms with Crippen molar-refractivity contribution in [2.24, 2.45) is 0 Å².